The summed E-state index contributed by atoms with van der Waals surface area (Å²) in [6.45, 7) is 1.81. The van der Waals surface area contributed by atoms with E-state index in [1.165, 1.54) is 19.1 Å². The fraction of sp³-hybridized carbons (Fsp3) is 0.300. The van der Waals surface area contributed by atoms with Crippen LogP contribution in [0.2, 0.25) is 0 Å². The van der Waals surface area contributed by atoms with Gasteiger partial charge in [-0.3, -0.25) is 14.9 Å². The first kappa shape index (κ1) is 21.7. The smallest absolute Gasteiger partial charge is 0.339 e. The van der Waals surface area contributed by atoms with Gasteiger partial charge in [0.2, 0.25) is 0 Å². The highest BCUT2D eigenvalue weighted by Gasteiger charge is 2.22. The molecule has 0 radical (unpaired) electrons. The molecule has 0 unspecified atom stereocenters. The number of amides is 1. The van der Waals surface area contributed by atoms with Crippen molar-refractivity contribution in [3.63, 3.8) is 0 Å². The highest BCUT2D eigenvalue weighted by atomic mass is 16.6. The molecular formula is C20H23N3O6. The summed E-state index contributed by atoms with van der Waals surface area (Å²) < 4.78 is 10.2. The normalized spacial score (nSPS) is 11.3. The number of nitro groups is 1. The number of esters is 1. The third-order valence-electron chi connectivity index (χ3n) is 4.22. The fourth-order valence-corrected chi connectivity index (χ4v) is 2.57. The van der Waals surface area contributed by atoms with E-state index in [1.807, 2.05) is 24.3 Å². The van der Waals surface area contributed by atoms with Gasteiger partial charge in [0.05, 0.1) is 17.6 Å². The number of hydrogen-bond acceptors (Lipinski definition) is 7. The van der Waals surface area contributed by atoms with E-state index in [9.17, 15) is 19.7 Å². The summed E-state index contributed by atoms with van der Waals surface area (Å²) in [6.07, 6.45) is -0.435. The van der Waals surface area contributed by atoms with Crippen LogP contribution in [0.25, 0.3) is 0 Å². The molecule has 0 spiro atoms. The molecule has 9 heteroatoms. The third-order valence-corrected chi connectivity index (χ3v) is 4.22. The summed E-state index contributed by atoms with van der Waals surface area (Å²) in [5.74, 6) is -0.511. The van der Waals surface area contributed by atoms with Crippen molar-refractivity contribution in [2.24, 2.45) is 0 Å². The fourth-order valence-electron chi connectivity index (χ4n) is 2.57. The zero-order valence-corrected chi connectivity index (χ0v) is 16.4. The SMILES string of the molecule is CNc1ccc(C(=O)O[C@@H](C)C(=O)NCCc2ccc(OC)cc2)cc1[N+](=O)[O-]. The summed E-state index contributed by atoms with van der Waals surface area (Å²) in [5.41, 5.74) is 1.04. The van der Waals surface area contributed by atoms with Crippen LogP contribution in [0, 0.1) is 10.1 Å². The van der Waals surface area contributed by atoms with Crippen LogP contribution in [-0.2, 0) is 16.0 Å². The molecule has 0 bridgehead atoms. The summed E-state index contributed by atoms with van der Waals surface area (Å²) >= 11 is 0. The topological polar surface area (TPSA) is 120 Å². The van der Waals surface area contributed by atoms with E-state index in [4.69, 9.17) is 9.47 Å². The molecule has 2 aromatic carbocycles. The number of nitrogens with zero attached hydrogens (tertiary/aromatic N) is 1. The average Bonchev–Trinajstić information content (AvgIpc) is 2.73. The van der Waals surface area contributed by atoms with Gasteiger partial charge in [0, 0.05) is 19.7 Å². The summed E-state index contributed by atoms with van der Waals surface area (Å²) in [4.78, 5) is 34.9. The monoisotopic (exact) mass is 401 g/mol. The number of rotatable bonds is 9. The van der Waals surface area contributed by atoms with E-state index in [1.54, 1.807) is 14.2 Å². The lowest BCUT2D eigenvalue weighted by Gasteiger charge is -2.14. The van der Waals surface area contributed by atoms with Gasteiger partial charge in [-0.1, -0.05) is 12.1 Å². The van der Waals surface area contributed by atoms with Crippen LogP contribution < -0.4 is 15.4 Å². The molecule has 29 heavy (non-hydrogen) atoms. The number of hydrogen-bond donors (Lipinski definition) is 2. The maximum absolute atomic E-state index is 12.2. The van der Waals surface area contributed by atoms with Gasteiger partial charge < -0.3 is 20.1 Å². The number of methoxy groups -OCH3 is 1. The number of ether oxygens (including phenoxy) is 2. The summed E-state index contributed by atoms with van der Waals surface area (Å²) in [6, 6.07) is 11.4. The second-order valence-electron chi connectivity index (χ2n) is 6.18. The maximum Gasteiger partial charge on any atom is 0.339 e. The maximum atomic E-state index is 12.2. The van der Waals surface area contributed by atoms with E-state index in [-0.39, 0.29) is 16.9 Å². The highest BCUT2D eigenvalue weighted by Crippen LogP contribution is 2.25. The lowest BCUT2D eigenvalue weighted by Crippen LogP contribution is -2.36. The van der Waals surface area contributed by atoms with Crippen molar-refractivity contribution in [3.8, 4) is 5.75 Å². The molecule has 0 aromatic heterocycles. The van der Waals surface area contributed by atoms with Gasteiger partial charge in [-0.2, -0.15) is 0 Å². The van der Waals surface area contributed by atoms with Crippen molar-refractivity contribution in [1.29, 1.82) is 0 Å². The number of benzene rings is 2. The second-order valence-corrected chi connectivity index (χ2v) is 6.18. The Morgan fingerprint density at radius 1 is 1.17 bits per heavy atom. The van der Waals surface area contributed by atoms with Gasteiger partial charge >= 0.3 is 5.97 Å². The first-order valence-corrected chi connectivity index (χ1v) is 8.93. The van der Waals surface area contributed by atoms with Gasteiger partial charge in [-0.05, 0) is 43.2 Å². The highest BCUT2D eigenvalue weighted by molar-refractivity contribution is 5.93. The molecule has 2 aromatic rings. The van der Waals surface area contributed by atoms with E-state index >= 15 is 0 Å². The standard InChI is InChI=1S/C20H23N3O6/c1-13(19(24)22-11-10-14-4-7-16(28-3)8-5-14)29-20(25)15-6-9-17(21-2)18(12-15)23(26)27/h4-9,12-13,21H,10-11H2,1-3H3,(H,22,24)/t13-/m0/s1. The molecule has 1 atom stereocenters. The van der Waals surface area contributed by atoms with E-state index in [0.717, 1.165) is 17.4 Å². The van der Waals surface area contributed by atoms with Crippen molar-refractivity contribution in [1.82, 2.24) is 5.32 Å². The Morgan fingerprint density at radius 3 is 2.45 bits per heavy atom. The number of nitrogens with one attached hydrogen (secondary N) is 2. The summed E-state index contributed by atoms with van der Waals surface area (Å²) in [5, 5.41) is 16.5. The lowest BCUT2D eigenvalue weighted by atomic mass is 10.1. The third kappa shape index (κ3) is 5.93. The number of carbonyl (C=O) groups excluding carboxylic acids is 2. The Hall–Kier alpha value is -3.62. The Labute approximate surface area is 168 Å². The molecule has 0 saturated heterocycles. The minimum atomic E-state index is -1.04. The van der Waals surface area contributed by atoms with Gasteiger partial charge in [0.15, 0.2) is 6.10 Å². The predicted molar refractivity (Wildman–Crippen MR) is 107 cm³/mol. The van der Waals surface area contributed by atoms with E-state index < -0.39 is 22.9 Å². The van der Waals surface area contributed by atoms with Crippen LogP contribution in [0.5, 0.6) is 5.75 Å². The van der Waals surface area contributed by atoms with Gasteiger partial charge in [-0.15, -0.1) is 0 Å². The van der Waals surface area contributed by atoms with Crippen LogP contribution in [0.15, 0.2) is 42.5 Å². The molecule has 154 valence electrons. The molecule has 1 amide bonds. The zero-order chi connectivity index (χ0) is 21.4. The molecular weight excluding hydrogens is 378 g/mol. The van der Waals surface area contributed by atoms with Crippen LogP contribution >= 0.6 is 0 Å². The molecule has 0 aliphatic rings. The van der Waals surface area contributed by atoms with Gasteiger partial charge in [-0.25, -0.2) is 4.79 Å². The number of anilines is 1. The van der Waals surface area contributed by atoms with Crippen molar-refractivity contribution >= 4 is 23.3 Å². The van der Waals surface area contributed by atoms with Crippen molar-refractivity contribution < 1.29 is 24.0 Å². The Balaban J connectivity index is 1.88. The van der Waals surface area contributed by atoms with Crippen molar-refractivity contribution in [2.75, 3.05) is 26.0 Å². The minimum Gasteiger partial charge on any atom is -0.497 e. The van der Waals surface area contributed by atoms with E-state index in [2.05, 4.69) is 10.6 Å². The predicted octanol–water partition coefficient (Wildman–Crippen LogP) is 2.55. The second kappa shape index (κ2) is 10.1. The zero-order valence-electron chi connectivity index (χ0n) is 16.4. The molecule has 0 heterocycles. The molecule has 0 aliphatic heterocycles. The Bertz CT molecular complexity index is 882. The minimum absolute atomic E-state index is 0.00594. The molecule has 2 N–H and O–H groups in total. The van der Waals surface area contributed by atoms with E-state index in [0.29, 0.717) is 13.0 Å². The van der Waals surface area contributed by atoms with Crippen molar-refractivity contribution in [3.05, 3.63) is 63.7 Å². The first-order chi connectivity index (χ1) is 13.8. The van der Waals surface area contributed by atoms with Crippen LogP contribution in [0.3, 0.4) is 0 Å². The van der Waals surface area contributed by atoms with Crippen molar-refractivity contribution in [2.45, 2.75) is 19.4 Å². The average molecular weight is 401 g/mol. The van der Waals surface area contributed by atoms with Gasteiger partial charge in [0.1, 0.15) is 11.4 Å². The molecule has 0 aliphatic carbocycles. The number of nitro benzene ring substituents is 1. The number of carbonyl (C=O) groups is 2. The van der Waals surface area contributed by atoms with Gasteiger partial charge in [0.25, 0.3) is 11.6 Å². The van der Waals surface area contributed by atoms with Crippen LogP contribution in [-0.4, -0.2) is 43.6 Å². The molecule has 0 fully saturated rings. The largest absolute Gasteiger partial charge is 0.497 e. The quantitative estimate of drug-likeness (QED) is 0.376. The van der Waals surface area contributed by atoms with Crippen LogP contribution in [0.1, 0.15) is 22.8 Å². The molecule has 9 nitrogen and oxygen atoms in total. The lowest BCUT2D eigenvalue weighted by molar-refractivity contribution is -0.384. The Kier molecular flexibility index (Phi) is 7.53. The molecule has 0 saturated carbocycles. The first-order valence-electron chi connectivity index (χ1n) is 8.93. The summed E-state index contributed by atoms with van der Waals surface area (Å²) in [7, 11) is 3.13. The Morgan fingerprint density at radius 2 is 1.86 bits per heavy atom. The van der Waals surface area contributed by atoms with Crippen LogP contribution in [0.4, 0.5) is 11.4 Å². The molecule has 2 rings (SSSR count).